The molecule has 0 spiro atoms. The van der Waals surface area contributed by atoms with E-state index in [2.05, 4.69) is 30.7 Å². The lowest BCUT2D eigenvalue weighted by molar-refractivity contribution is -0.145. The summed E-state index contributed by atoms with van der Waals surface area (Å²) >= 11 is 3.22. The number of benzene rings is 1. The number of hydrogen-bond donors (Lipinski definition) is 2. The average molecular weight is 421 g/mol. The Hall–Kier alpha value is -1.45. The van der Waals surface area contributed by atoms with Crippen LogP contribution >= 0.6 is 15.9 Å². The minimum absolute atomic E-state index is 0.0465. The highest BCUT2D eigenvalue weighted by atomic mass is 79.9. The normalized spacial score (nSPS) is 12.7. The molecule has 134 valence electrons. The van der Waals surface area contributed by atoms with Gasteiger partial charge in [0.1, 0.15) is 6.04 Å². The van der Waals surface area contributed by atoms with E-state index < -0.39 is 34.5 Å². The average Bonchev–Trinajstić information content (AvgIpc) is 2.51. The summed E-state index contributed by atoms with van der Waals surface area (Å²) in [5.74, 6) is -1.01. The van der Waals surface area contributed by atoms with Crippen LogP contribution in [0.5, 0.6) is 0 Å². The molecule has 1 aromatic carbocycles. The van der Waals surface area contributed by atoms with Crippen molar-refractivity contribution < 1.29 is 22.7 Å². The van der Waals surface area contributed by atoms with Crippen molar-refractivity contribution in [1.29, 1.82) is 0 Å². The van der Waals surface area contributed by atoms with Crippen LogP contribution in [0.1, 0.15) is 20.3 Å². The lowest BCUT2D eigenvalue weighted by atomic mass is 10.0. The van der Waals surface area contributed by atoms with Gasteiger partial charge in [0, 0.05) is 4.47 Å². The van der Waals surface area contributed by atoms with Crippen molar-refractivity contribution >= 4 is 37.8 Å². The molecule has 0 fully saturated rings. The number of sulfonamides is 1. The molecule has 1 rings (SSSR count). The van der Waals surface area contributed by atoms with Crippen molar-refractivity contribution in [3.8, 4) is 0 Å². The van der Waals surface area contributed by atoms with Gasteiger partial charge < -0.3 is 10.1 Å². The third-order valence-electron chi connectivity index (χ3n) is 3.07. The Labute approximate surface area is 150 Å². The number of rotatable bonds is 8. The molecule has 1 aromatic rings. The van der Waals surface area contributed by atoms with Crippen molar-refractivity contribution in [2.24, 2.45) is 5.92 Å². The summed E-state index contributed by atoms with van der Waals surface area (Å²) in [5.41, 5.74) is 0. The molecule has 1 amide bonds. The zero-order chi connectivity index (χ0) is 18.3. The highest BCUT2D eigenvalue weighted by molar-refractivity contribution is 9.10. The summed E-state index contributed by atoms with van der Waals surface area (Å²) in [6, 6.07) is 5.20. The fraction of sp³-hybridized carbons (Fsp3) is 0.467. The van der Waals surface area contributed by atoms with Crippen molar-refractivity contribution in [2.45, 2.75) is 31.2 Å². The van der Waals surface area contributed by atoms with E-state index >= 15 is 0 Å². The van der Waals surface area contributed by atoms with E-state index in [1.54, 1.807) is 12.1 Å². The number of ether oxygens (including phenoxy) is 1. The monoisotopic (exact) mass is 420 g/mol. The van der Waals surface area contributed by atoms with Crippen LogP contribution in [0.25, 0.3) is 0 Å². The van der Waals surface area contributed by atoms with Gasteiger partial charge in [0.2, 0.25) is 15.9 Å². The molecule has 0 aromatic heterocycles. The molecule has 1 atom stereocenters. The second-order valence-electron chi connectivity index (χ2n) is 5.55. The van der Waals surface area contributed by atoms with Crippen LogP contribution in [0.2, 0.25) is 0 Å². The zero-order valence-corrected chi connectivity index (χ0v) is 16.1. The van der Waals surface area contributed by atoms with E-state index in [1.165, 1.54) is 19.2 Å². The van der Waals surface area contributed by atoms with E-state index in [9.17, 15) is 18.0 Å². The number of amides is 1. The molecular formula is C15H21BrN2O5S. The molecular weight excluding hydrogens is 400 g/mol. The standard InChI is InChI=1S/C15H21BrN2O5S/c1-10(2)8-13(15(20)23-3)18-14(19)9-17-24(21,22)12-6-4-11(16)5-7-12/h4-7,10,13,17H,8-9H2,1-3H3,(H,18,19). The third-order valence-corrected chi connectivity index (χ3v) is 5.02. The van der Waals surface area contributed by atoms with Gasteiger partial charge in [0.05, 0.1) is 18.6 Å². The van der Waals surface area contributed by atoms with E-state index in [1.807, 2.05) is 13.8 Å². The van der Waals surface area contributed by atoms with Gasteiger partial charge in [0.15, 0.2) is 0 Å². The van der Waals surface area contributed by atoms with Crippen molar-refractivity contribution in [3.05, 3.63) is 28.7 Å². The number of nitrogens with one attached hydrogen (secondary N) is 2. The molecule has 0 saturated carbocycles. The molecule has 0 heterocycles. The molecule has 0 aliphatic rings. The summed E-state index contributed by atoms with van der Waals surface area (Å²) in [4.78, 5) is 23.6. The molecule has 0 aliphatic carbocycles. The van der Waals surface area contributed by atoms with Crippen LogP contribution in [0.15, 0.2) is 33.6 Å². The van der Waals surface area contributed by atoms with Crippen molar-refractivity contribution in [3.63, 3.8) is 0 Å². The van der Waals surface area contributed by atoms with Crippen LogP contribution in [0, 0.1) is 5.92 Å². The van der Waals surface area contributed by atoms with Crippen LogP contribution in [-0.4, -0.2) is 40.0 Å². The molecule has 2 N–H and O–H groups in total. The van der Waals surface area contributed by atoms with Crippen LogP contribution in [0.3, 0.4) is 0 Å². The van der Waals surface area contributed by atoms with E-state index in [0.29, 0.717) is 6.42 Å². The predicted octanol–water partition coefficient (Wildman–Crippen LogP) is 1.43. The molecule has 0 aliphatic heterocycles. The smallest absolute Gasteiger partial charge is 0.328 e. The topological polar surface area (TPSA) is 102 Å². The molecule has 1 unspecified atom stereocenters. The summed E-state index contributed by atoms with van der Waals surface area (Å²) in [6.07, 6.45) is 0.401. The minimum Gasteiger partial charge on any atom is -0.467 e. The van der Waals surface area contributed by atoms with Gasteiger partial charge in [-0.15, -0.1) is 0 Å². The molecule has 0 bridgehead atoms. The lowest BCUT2D eigenvalue weighted by Gasteiger charge is -2.18. The van der Waals surface area contributed by atoms with Crippen LogP contribution < -0.4 is 10.0 Å². The maximum absolute atomic E-state index is 12.1. The number of hydrogen-bond acceptors (Lipinski definition) is 5. The Morgan fingerprint density at radius 3 is 2.29 bits per heavy atom. The second kappa shape index (κ2) is 9.14. The van der Waals surface area contributed by atoms with Crippen LogP contribution in [0.4, 0.5) is 0 Å². The predicted molar refractivity (Wildman–Crippen MR) is 92.7 cm³/mol. The van der Waals surface area contributed by atoms with Gasteiger partial charge in [-0.3, -0.25) is 4.79 Å². The first kappa shape index (κ1) is 20.6. The zero-order valence-electron chi connectivity index (χ0n) is 13.7. The highest BCUT2D eigenvalue weighted by Gasteiger charge is 2.23. The lowest BCUT2D eigenvalue weighted by Crippen LogP contribution is -2.46. The quantitative estimate of drug-likeness (QED) is 0.619. The van der Waals surface area contributed by atoms with E-state index in [4.69, 9.17) is 0 Å². The molecule has 0 radical (unpaired) electrons. The van der Waals surface area contributed by atoms with Gasteiger partial charge in [-0.1, -0.05) is 29.8 Å². The van der Waals surface area contributed by atoms with Gasteiger partial charge in [0.25, 0.3) is 0 Å². The highest BCUT2D eigenvalue weighted by Crippen LogP contribution is 2.14. The Bertz CT molecular complexity index is 674. The Balaban J connectivity index is 2.66. The van der Waals surface area contributed by atoms with Gasteiger partial charge in [-0.05, 0) is 36.6 Å². The molecule has 9 heteroatoms. The van der Waals surface area contributed by atoms with Gasteiger partial charge in [-0.2, -0.15) is 0 Å². The molecule has 24 heavy (non-hydrogen) atoms. The molecule has 7 nitrogen and oxygen atoms in total. The largest absolute Gasteiger partial charge is 0.467 e. The number of halogens is 1. The van der Waals surface area contributed by atoms with Gasteiger partial charge >= 0.3 is 5.97 Å². The maximum atomic E-state index is 12.1. The fourth-order valence-electron chi connectivity index (χ4n) is 1.93. The maximum Gasteiger partial charge on any atom is 0.328 e. The van der Waals surface area contributed by atoms with Crippen LogP contribution in [-0.2, 0) is 24.3 Å². The van der Waals surface area contributed by atoms with Crippen molar-refractivity contribution in [1.82, 2.24) is 10.0 Å². The number of methoxy groups -OCH3 is 1. The SMILES string of the molecule is COC(=O)C(CC(C)C)NC(=O)CNS(=O)(=O)c1ccc(Br)cc1. The first-order valence-corrected chi connectivity index (χ1v) is 9.55. The Morgan fingerprint density at radius 1 is 1.21 bits per heavy atom. The van der Waals surface area contributed by atoms with E-state index in [-0.39, 0.29) is 10.8 Å². The van der Waals surface area contributed by atoms with Crippen molar-refractivity contribution in [2.75, 3.05) is 13.7 Å². The fourth-order valence-corrected chi connectivity index (χ4v) is 3.18. The summed E-state index contributed by atoms with van der Waals surface area (Å²) in [5, 5.41) is 2.48. The third kappa shape index (κ3) is 6.58. The summed E-state index contributed by atoms with van der Waals surface area (Å²) in [6.45, 7) is 3.33. The Morgan fingerprint density at radius 2 is 1.79 bits per heavy atom. The first-order valence-electron chi connectivity index (χ1n) is 7.28. The number of esters is 1. The minimum atomic E-state index is -3.80. The first-order chi connectivity index (χ1) is 11.2. The summed E-state index contributed by atoms with van der Waals surface area (Å²) in [7, 11) is -2.57. The number of carbonyl (C=O) groups is 2. The van der Waals surface area contributed by atoms with E-state index in [0.717, 1.165) is 4.47 Å². The molecule has 0 saturated heterocycles. The van der Waals surface area contributed by atoms with Gasteiger partial charge in [-0.25, -0.2) is 17.9 Å². The summed E-state index contributed by atoms with van der Waals surface area (Å²) < 4.78 is 31.8. The Kier molecular flexibility index (Phi) is 7.85. The number of carbonyl (C=O) groups excluding carboxylic acids is 2. The second-order valence-corrected chi connectivity index (χ2v) is 8.23.